The minimum Gasteiger partial charge on any atom is -0.377 e. The van der Waals surface area contributed by atoms with Crippen LogP contribution in [0.25, 0.3) is 0 Å². The van der Waals surface area contributed by atoms with Crippen LogP contribution in [0.4, 0.5) is 0 Å². The molecule has 3 unspecified atom stereocenters. The average Bonchev–Trinajstić information content (AvgIpc) is 2.69. The number of ether oxygens (including phenoxy) is 2. The molecular formula is C12H20N2O3. The molecule has 3 atom stereocenters. The number of carbonyl (C=O) groups excluding carboxylic acids is 1. The van der Waals surface area contributed by atoms with Gasteiger partial charge in [0.2, 0.25) is 5.91 Å². The van der Waals surface area contributed by atoms with Gasteiger partial charge in [-0.15, -0.1) is 0 Å². The van der Waals surface area contributed by atoms with Gasteiger partial charge in [0.05, 0.1) is 25.4 Å². The number of hydrogen-bond donors (Lipinski definition) is 2. The Hall–Kier alpha value is -0.650. The Morgan fingerprint density at radius 3 is 2.71 bits per heavy atom. The Labute approximate surface area is 101 Å². The lowest BCUT2D eigenvalue weighted by atomic mass is 9.48. The zero-order valence-corrected chi connectivity index (χ0v) is 10.4. The standard InChI is InChI=1S/C12H20N2O3/c1-11(2)9-8(3-4-17-9)12(11,13)10(15)14-7-5-16-6-7/h7-9H,3-6,13H2,1-2H3,(H,14,15). The van der Waals surface area contributed by atoms with E-state index in [1.807, 2.05) is 13.8 Å². The van der Waals surface area contributed by atoms with Gasteiger partial charge in [-0.05, 0) is 6.42 Å². The van der Waals surface area contributed by atoms with E-state index < -0.39 is 5.54 Å². The van der Waals surface area contributed by atoms with Gasteiger partial charge in [-0.3, -0.25) is 4.79 Å². The molecule has 0 aromatic rings. The van der Waals surface area contributed by atoms with Crippen LogP contribution in [-0.2, 0) is 14.3 Å². The van der Waals surface area contributed by atoms with Crippen molar-refractivity contribution in [3.63, 3.8) is 0 Å². The molecule has 2 heterocycles. The average molecular weight is 240 g/mol. The van der Waals surface area contributed by atoms with Gasteiger partial charge in [0, 0.05) is 17.9 Å². The summed E-state index contributed by atoms with van der Waals surface area (Å²) < 4.78 is 10.7. The van der Waals surface area contributed by atoms with Crippen molar-refractivity contribution in [3.8, 4) is 0 Å². The number of nitrogens with one attached hydrogen (secondary N) is 1. The summed E-state index contributed by atoms with van der Waals surface area (Å²) in [6, 6.07) is 0.139. The SMILES string of the molecule is CC1(C)C2OCCC2C1(N)C(=O)NC1COC1. The highest BCUT2D eigenvalue weighted by Crippen LogP contribution is 2.58. The van der Waals surface area contributed by atoms with Crippen LogP contribution in [0.15, 0.2) is 0 Å². The maximum absolute atomic E-state index is 12.4. The number of amides is 1. The first kappa shape index (κ1) is 11.4. The molecule has 3 aliphatic rings. The molecule has 0 spiro atoms. The molecule has 3 rings (SSSR count). The fraction of sp³-hybridized carbons (Fsp3) is 0.917. The predicted octanol–water partition coefficient (Wildman–Crippen LogP) is -0.356. The Morgan fingerprint density at radius 2 is 2.12 bits per heavy atom. The molecule has 0 aromatic heterocycles. The highest BCUT2D eigenvalue weighted by Gasteiger charge is 2.71. The van der Waals surface area contributed by atoms with E-state index in [2.05, 4.69) is 5.32 Å². The summed E-state index contributed by atoms with van der Waals surface area (Å²) in [6.07, 6.45) is 1.02. The van der Waals surface area contributed by atoms with E-state index in [1.54, 1.807) is 0 Å². The summed E-state index contributed by atoms with van der Waals surface area (Å²) >= 11 is 0. The van der Waals surface area contributed by atoms with Crippen LogP contribution in [-0.4, -0.2) is 43.4 Å². The van der Waals surface area contributed by atoms with Crippen molar-refractivity contribution in [2.75, 3.05) is 19.8 Å². The molecule has 5 heteroatoms. The monoisotopic (exact) mass is 240 g/mol. The molecule has 17 heavy (non-hydrogen) atoms. The molecule has 2 saturated heterocycles. The van der Waals surface area contributed by atoms with Crippen molar-refractivity contribution < 1.29 is 14.3 Å². The van der Waals surface area contributed by atoms with E-state index in [9.17, 15) is 4.79 Å². The van der Waals surface area contributed by atoms with Gasteiger partial charge in [0.1, 0.15) is 5.54 Å². The molecule has 96 valence electrons. The van der Waals surface area contributed by atoms with Gasteiger partial charge in [-0.1, -0.05) is 13.8 Å². The molecule has 1 saturated carbocycles. The first-order valence-corrected chi connectivity index (χ1v) is 6.27. The zero-order valence-electron chi connectivity index (χ0n) is 10.4. The first-order valence-electron chi connectivity index (χ1n) is 6.27. The predicted molar refractivity (Wildman–Crippen MR) is 61.3 cm³/mol. The number of nitrogens with two attached hydrogens (primary N) is 1. The number of carbonyl (C=O) groups is 1. The molecular weight excluding hydrogens is 220 g/mol. The van der Waals surface area contributed by atoms with E-state index in [0.29, 0.717) is 13.2 Å². The van der Waals surface area contributed by atoms with Gasteiger partial charge < -0.3 is 20.5 Å². The number of fused-ring (bicyclic) bond motifs is 1. The lowest BCUT2D eigenvalue weighted by Gasteiger charge is -2.61. The second-order valence-electron chi connectivity index (χ2n) is 5.99. The van der Waals surface area contributed by atoms with Crippen molar-refractivity contribution in [2.45, 2.75) is 38.0 Å². The normalized spacial score (nSPS) is 43.5. The van der Waals surface area contributed by atoms with Crippen molar-refractivity contribution >= 4 is 5.91 Å². The maximum atomic E-state index is 12.4. The molecule has 0 bridgehead atoms. The van der Waals surface area contributed by atoms with E-state index in [4.69, 9.17) is 15.2 Å². The molecule has 5 nitrogen and oxygen atoms in total. The lowest BCUT2D eigenvalue weighted by molar-refractivity contribution is -0.178. The molecule has 3 fully saturated rings. The summed E-state index contributed by atoms with van der Waals surface area (Å²) in [7, 11) is 0. The Kier molecular flexibility index (Phi) is 2.31. The summed E-state index contributed by atoms with van der Waals surface area (Å²) in [6.45, 7) is 5.98. The first-order chi connectivity index (χ1) is 7.98. The molecule has 1 aliphatic carbocycles. The summed E-state index contributed by atoms with van der Waals surface area (Å²) in [5.41, 5.74) is 5.33. The van der Waals surface area contributed by atoms with E-state index in [-0.39, 0.29) is 29.4 Å². The van der Waals surface area contributed by atoms with E-state index >= 15 is 0 Å². The van der Waals surface area contributed by atoms with Crippen molar-refractivity contribution in [2.24, 2.45) is 17.1 Å². The lowest BCUT2D eigenvalue weighted by Crippen LogP contribution is -2.81. The van der Waals surface area contributed by atoms with Gasteiger partial charge in [0.25, 0.3) is 0 Å². The Balaban J connectivity index is 1.77. The minimum atomic E-state index is -0.788. The summed E-state index contributed by atoms with van der Waals surface area (Å²) in [5.74, 6) is 0.126. The van der Waals surface area contributed by atoms with Gasteiger partial charge >= 0.3 is 0 Å². The zero-order chi connectivity index (χ0) is 12.3. The van der Waals surface area contributed by atoms with Crippen LogP contribution in [0.1, 0.15) is 20.3 Å². The number of hydrogen-bond acceptors (Lipinski definition) is 4. The van der Waals surface area contributed by atoms with E-state index in [0.717, 1.165) is 13.0 Å². The third kappa shape index (κ3) is 1.27. The molecule has 0 radical (unpaired) electrons. The summed E-state index contributed by atoms with van der Waals surface area (Å²) in [5, 5.41) is 2.98. The molecule has 1 amide bonds. The largest absolute Gasteiger partial charge is 0.377 e. The second-order valence-corrected chi connectivity index (χ2v) is 5.99. The quantitative estimate of drug-likeness (QED) is 0.691. The topological polar surface area (TPSA) is 73.6 Å². The smallest absolute Gasteiger partial charge is 0.241 e. The van der Waals surface area contributed by atoms with Crippen molar-refractivity contribution in [1.82, 2.24) is 5.32 Å². The fourth-order valence-electron chi connectivity index (χ4n) is 3.47. The third-order valence-electron chi connectivity index (χ3n) is 4.80. The maximum Gasteiger partial charge on any atom is 0.241 e. The van der Waals surface area contributed by atoms with Crippen LogP contribution in [0, 0.1) is 11.3 Å². The van der Waals surface area contributed by atoms with Crippen molar-refractivity contribution in [1.29, 1.82) is 0 Å². The van der Waals surface area contributed by atoms with Crippen LogP contribution in [0.5, 0.6) is 0 Å². The van der Waals surface area contributed by atoms with Crippen LogP contribution in [0.2, 0.25) is 0 Å². The summed E-state index contributed by atoms with van der Waals surface area (Å²) in [4.78, 5) is 12.4. The van der Waals surface area contributed by atoms with Gasteiger partial charge in [-0.2, -0.15) is 0 Å². The van der Waals surface area contributed by atoms with E-state index in [1.165, 1.54) is 0 Å². The molecule has 2 aliphatic heterocycles. The molecule has 3 N–H and O–H groups in total. The van der Waals surface area contributed by atoms with Gasteiger partial charge in [-0.25, -0.2) is 0 Å². The van der Waals surface area contributed by atoms with Gasteiger partial charge in [0.15, 0.2) is 0 Å². The Morgan fingerprint density at radius 1 is 1.41 bits per heavy atom. The van der Waals surface area contributed by atoms with Crippen LogP contribution in [0.3, 0.4) is 0 Å². The molecule has 0 aromatic carbocycles. The third-order valence-corrected chi connectivity index (χ3v) is 4.80. The minimum absolute atomic E-state index is 0.0393. The Bertz CT molecular complexity index is 354. The van der Waals surface area contributed by atoms with Crippen molar-refractivity contribution in [3.05, 3.63) is 0 Å². The highest BCUT2D eigenvalue weighted by molar-refractivity contribution is 5.89. The highest BCUT2D eigenvalue weighted by atomic mass is 16.5. The second kappa shape index (κ2) is 3.43. The number of rotatable bonds is 2. The van der Waals surface area contributed by atoms with Crippen LogP contribution < -0.4 is 11.1 Å². The fourth-order valence-corrected chi connectivity index (χ4v) is 3.47. The van der Waals surface area contributed by atoms with Crippen LogP contribution >= 0.6 is 0 Å².